The van der Waals surface area contributed by atoms with Crippen LogP contribution in [0.3, 0.4) is 0 Å². The fourth-order valence-electron chi connectivity index (χ4n) is 2.19. The number of hydrogen-bond donors (Lipinski definition) is 4. The van der Waals surface area contributed by atoms with E-state index >= 15 is 0 Å². The van der Waals surface area contributed by atoms with E-state index in [1.807, 2.05) is 0 Å². The summed E-state index contributed by atoms with van der Waals surface area (Å²) in [4.78, 5) is 9.21. The van der Waals surface area contributed by atoms with Crippen molar-refractivity contribution in [1.29, 1.82) is 0 Å². The molecule has 134 valence electrons. The van der Waals surface area contributed by atoms with Crippen LogP contribution in [0.2, 0.25) is 0 Å². The maximum atomic E-state index is 4.60. The first-order chi connectivity index (χ1) is 11.7. The third kappa shape index (κ3) is 7.85. The third-order valence-corrected chi connectivity index (χ3v) is 3.21. The van der Waals surface area contributed by atoms with Crippen molar-refractivity contribution in [2.75, 3.05) is 26.2 Å². The van der Waals surface area contributed by atoms with E-state index in [2.05, 4.69) is 83.2 Å². The van der Waals surface area contributed by atoms with Crippen LogP contribution in [0.1, 0.15) is 38.8 Å². The van der Waals surface area contributed by atoms with Crippen LogP contribution >= 0.6 is 0 Å². The summed E-state index contributed by atoms with van der Waals surface area (Å²) in [7, 11) is 0. The lowest BCUT2D eigenvalue weighted by molar-refractivity contribution is 0.836. The molecule has 0 heterocycles. The molecule has 0 aliphatic heterocycles. The first kappa shape index (κ1) is 19.8. The molecule has 0 aliphatic carbocycles. The SMILES string of the molecule is CCNC(=NCc1cccc(CN=C(NCC)NCC)c1)NCC. The van der Waals surface area contributed by atoms with Crippen LogP contribution in [-0.2, 0) is 13.1 Å². The van der Waals surface area contributed by atoms with Gasteiger partial charge in [-0.3, -0.25) is 0 Å². The number of guanidine groups is 2. The zero-order valence-corrected chi connectivity index (χ0v) is 15.4. The molecule has 0 saturated heterocycles. The number of rotatable bonds is 8. The van der Waals surface area contributed by atoms with Gasteiger partial charge in [0.25, 0.3) is 0 Å². The lowest BCUT2D eigenvalue weighted by Gasteiger charge is -2.10. The molecular formula is C18H32N6. The predicted molar refractivity (Wildman–Crippen MR) is 103 cm³/mol. The molecule has 0 bridgehead atoms. The minimum absolute atomic E-state index is 0.653. The lowest BCUT2D eigenvalue weighted by atomic mass is 10.1. The molecule has 0 amide bonds. The van der Waals surface area contributed by atoms with Crippen LogP contribution in [0, 0.1) is 0 Å². The van der Waals surface area contributed by atoms with Crippen LogP contribution in [-0.4, -0.2) is 38.1 Å². The van der Waals surface area contributed by atoms with Crippen molar-refractivity contribution in [2.24, 2.45) is 9.98 Å². The van der Waals surface area contributed by atoms with E-state index in [0.29, 0.717) is 13.1 Å². The van der Waals surface area contributed by atoms with Crippen molar-refractivity contribution < 1.29 is 0 Å². The highest BCUT2D eigenvalue weighted by molar-refractivity contribution is 5.80. The Balaban J connectivity index is 2.71. The van der Waals surface area contributed by atoms with Gasteiger partial charge in [-0.05, 0) is 38.8 Å². The molecule has 6 nitrogen and oxygen atoms in total. The van der Waals surface area contributed by atoms with Crippen LogP contribution in [0.5, 0.6) is 0 Å². The summed E-state index contributed by atoms with van der Waals surface area (Å²) in [6.07, 6.45) is 0. The number of hydrogen-bond acceptors (Lipinski definition) is 2. The minimum atomic E-state index is 0.653. The zero-order chi connectivity index (χ0) is 17.6. The van der Waals surface area contributed by atoms with Crippen LogP contribution in [0.15, 0.2) is 34.3 Å². The summed E-state index contributed by atoms with van der Waals surface area (Å²) in [6.45, 7) is 13.0. The van der Waals surface area contributed by atoms with Crippen molar-refractivity contribution in [2.45, 2.75) is 40.8 Å². The van der Waals surface area contributed by atoms with E-state index < -0.39 is 0 Å². The highest BCUT2D eigenvalue weighted by atomic mass is 15.2. The molecular weight excluding hydrogens is 300 g/mol. The van der Waals surface area contributed by atoms with Gasteiger partial charge in [0, 0.05) is 26.2 Å². The van der Waals surface area contributed by atoms with Gasteiger partial charge in [0.2, 0.25) is 0 Å². The second-order valence-corrected chi connectivity index (χ2v) is 5.27. The topological polar surface area (TPSA) is 72.8 Å². The van der Waals surface area contributed by atoms with Crippen molar-refractivity contribution >= 4 is 11.9 Å². The summed E-state index contributed by atoms with van der Waals surface area (Å²) < 4.78 is 0. The molecule has 0 atom stereocenters. The monoisotopic (exact) mass is 332 g/mol. The number of nitrogens with zero attached hydrogens (tertiary/aromatic N) is 2. The van der Waals surface area contributed by atoms with Gasteiger partial charge in [-0.25, -0.2) is 9.98 Å². The summed E-state index contributed by atoms with van der Waals surface area (Å²) in [5, 5.41) is 12.9. The largest absolute Gasteiger partial charge is 0.357 e. The lowest BCUT2D eigenvalue weighted by Crippen LogP contribution is -2.37. The third-order valence-electron chi connectivity index (χ3n) is 3.21. The van der Waals surface area contributed by atoms with E-state index in [1.54, 1.807) is 0 Å². The van der Waals surface area contributed by atoms with Crippen molar-refractivity contribution in [3.05, 3.63) is 35.4 Å². The fraction of sp³-hybridized carbons (Fsp3) is 0.556. The Hall–Kier alpha value is -2.24. The van der Waals surface area contributed by atoms with Crippen LogP contribution in [0.25, 0.3) is 0 Å². The van der Waals surface area contributed by atoms with Gasteiger partial charge in [-0.2, -0.15) is 0 Å². The highest BCUT2D eigenvalue weighted by Crippen LogP contribution is 2.08. The maximum absolute atomic E-state index is 4.60. The molecule has 1 aromatic rings. The van der Waals surface area contributed by atoms with Gasteiger partial charge in [0.1, 0.15) is 0 Å². The van der Waals surface area contributed by atoms with Gasteiger partial charge < -0.3 is 21.3 Å². The molecule has 0 aromatic heterocycles. The van der Waals surface area contributed by atoms with Crippen molar-refractivity contribution in [3.63, 3.8) is 0 Å². The van der Waals surface area contributed by atoms with Gasteiger partial charge in [0.15, 0.2) is 11.9 Å². The normalized spacial score (nSPS) is 9.83. The number of benzene rings is 1. The molecule has 0 aliphatic rings. The molecule has 1 aromatic carbocycles. The van der Waals surface area contributed by atoms with Crippen LogP contribution in [0.4, 0.5) is 0 Å². The quantitative estimate of drug-likeness (QED) is 0.433. The molecule has 6 heteroatoms. The molecule has 0 fully saturated rings. The Morgan fingerprint density at radius 1 is 0.708 bits per heavy atom. The molecule has 24 heavy (non-hydrogen) atoms. The standard InChI is InChI=1S/C18H32N6/c1-5-19-17(20-6-2)23-13-15-10-9-11-16(12-15)14-24-18(21-7-3)22-8-4/h9-12H,5-8,13-14H2,1-4H3,(H2,19,20,23)(H2,21,22,24). The Morgan fingerprint density at radius 3 is 1.42 bits per heavy atom. The van der Waals surface area contributed by atoms with Crippen molar-refractivity contribution in [1.82, 2.24) is 21.3 Å². The molecule has 4 N–H and O–H groups in total. The van der Waals surface area contributed by atoms with Gasteiger partial charge in [-0.15, -0.1) is 0 Å². The second kappa shape index (κ2) is 12.2. The smallest absolute Gasteiger partial charge is 0.191 e. The van der Waals surface area contributed by atoms with Gasteiger partial charge in [-0.1, -0.05) is 24.3 Å². The number of nitrogens with one attached hydrogen (secondary N) is 4. The first-order valence-corrected chi connectivity index (χ1v) is 8.85. The zero-order valence-electron chi connectivity index (χ0n) is 15.4. The summed E-state index contributed by atoms with van der Waals surface area (Å²) in [5.41, 5.74) is 2.37. The Labute approximate surface area is 146 Å². The van der Waals surface area contributed by atoms with E-state index in [0.717, 1.165) is 38.1 Å². The van der Waals surface area contributed by atoms with E-state index in [-0.39, 0.29) is 0 Å². The van der Waals surface area contributed by atoms with Crippen LogP contribution < -0.4 is 21.3 Å². The van der Waals surface area contributed by atoms with E-state index in [1.165, 1.54) is 11.1 Å². The average Bonchev–Trinajstić information content (AvgIpc) is 2.59. The minimum Gasteiger partial charge on any atom is -0.357 e. The molecule has 0 radical (unpaired) electrons. The van der Waals surface area contributed by atoms with Crippen molar-refractivity contribution in [3.8, 4) is 0 Å². The van der Waals surface area contributed by atoms with E-state index in [4.69, 9.17) is 0 Å². The Morgan fingerprint density at radius 2 is 1.08 bits per heavy atom. The number of aliphatic imine (C=N–C) groups is 2. The molecule has 1 rings (SSSR count). The molecule has 0 unspecified atom stereocenters. The molecule has 0 saturated carbocycles. The summed E-state index contributed by atoms with van der Waals surface area (Å²) in [5.74, 6) is 1.70. The Bertz CT molecular complexity index is 465. The fourth-order valence-corrected chi connectivity index (χ4v) is 2.19. The van der Waals surface area contributed by atoms with Gasteiger partial charge >= 0.3 is 0 Å². The predicted octanol–water partition coefficient (Wildman–Crippen LogP) is 1.84. The second-order valence-electron chi connectivity index (χ2n) is 5.27. The van der Waals surface area contributed by atoms with E-state index in [9.17, 15) is 0 Å². The summed E-state index contributed by atoms with van der Waals surface area (Å²) >= 11 is 0. The summed E-state index contributed by atoms with van der Waals surface area (Å²) in [6, 6.07) is 8.43. The maximum Gasteiger partial charge on any atom is 0.191 e. The Kier molecular flexibility index (Phi) is 10.1. The molecule has 0 spiro atoms. The first-order valence-electron chi connectivity index (χ1n) is 8.85. The average molecular weight is 332 g/mol. The van der Waals surface area contributed by atoms with Gasteiger partial charge in [0.05, 0.1) is 13.1 Å². The highest BCUT2D eigenvalue weighted by Gasteiger charge is 1.99.